The number of para-hydroxylation sites is 2. The number of unbranched alkanes of at least 4 members (excludes halogenated alkanes) is 1. The van der Waals surface area contributed by atoms with Crippen LogP contribution in [0.15, 0.2) is 54.6 Å². The molecule has 3 rings (SSSR count). The Kier molecular flexibility index (Phi) is 3.55. The van der Waals surface area contributed by atoms with Gasteiger partial charge >= 0.3 is 0 Å². The Hall–Kier alpha value is -2.09. The molecular weight excluding hydrogens is 246 g/mol. The van der Waals surface area contributed by atoms with E-state index in [2.05, 4.69) is 13.0 Å². The fraction of sp³-hybridized carbons (Fsp3) is 0.278. The highest BCUT2D eigenvalue weighted by Gasteiger charge is 2.37. The largest absolute Gasteiger partial charge is 0.280 e. The van der Waals surface area contributed by atoms with Crippen LogP contribution in [0.3, 0.4) is 0 Å². The fourth-order valence-corrected chi connectivity index (χ4v) is 2.92. The van der Waals surface area contributed by atoms with E-state index in [0.717, 1.165) is 30.6 Å². The minimum atomic E-state index is 0.0198. The van der Waals surface area contributed by atoms with Crippen molar-refractivity contribution in [1.29, 1.82) is 0 Å². The number of fused-ring (bicyclic) bond motifs is 1. The third kappa shape index (κ3) is 2.11. The summed E-state index contributed by atoms with van der Waals surface area (Å²) in [7, 11) is 0. The molecule has 0 spiro atoms. The van der Waals surface area contributed by atoms with Crippen molar-refractivity contribution in [1.82, 2.24) is 0 Å². The summed E-state index contributed by atoms with van der Waals surface area (Å²) in [5, 5.41) is 0. The third-order valence-corrected chi connectivity index (χ3v) is 3.93. The summed E-state index contributed by atoms with van der Waals surface area (Å²) in [6.07, 6.45) is 3.15. The van der Waals surface area contributed by atoms with Crippen LogP contribution in [0, 0.1) is 0 Å². The van der Waals surface area contributed by atoms with Crippen molar-refractivity contribution < 1.29 is 4.79 Å². The van der Waals surface area contributed by atoms with E-state index in [1.54, 1.807) is 0 Å². The van der Waals surface area contributed by atoms with Crippen LogP contribution in [0.4, 0.5) is 11.4 Å². The molecule has 2 nitrogen and oxygen atoms in total. The summed E-state index contributed by atoms with van der Waals surface area (Å²) in [6.45, 7) is 2.17. The van der Waals surface area contributed by atoms with E-state index < -0.39 is 0 Å². The van der Waals surface area contributed by atoms with Gasteiger partial charge in [-0.2, -0.15) is 0 Å². The zero-order chi connectivity index (χ0) is 13.9. The first-order valence-corrected chi connectivity index (χ1v) is 7.31. The molecule has 1 heterocycles. The Bertz CT molecular complexity index is 606. The summed E-state index contributed by atoms with van der Waals surface area (Å²) in [5.74, 6) is 0.234. The Morgan fingerprint density at radius 1 is 1.00 bits per heavy atom. The van der Waals surface area contributed by atoms with Gasteiger partial charge in [-0.15, -0.1) is 0 Å². The quantitative estimate of drug-likeness (QED) is 0.788. The van der Waals surface area contributed by atoms with Crippen LogP contribution >= 0.6 is 0 Å². The van der Waals surface area contributed by atoms with Crippen molar-refractivity contribution in [3.05, 3.63) is 60.2 Å². The molecule has 0 fully saturated rings. The predicted octanol–water partition coefficient (Wildman–Crippen LogP) is 4.64. The Labute approximate surface area is 120 Å². The molecule has 0 aliphatic carbocycles. The molecule has 2 aromatic rings. The molecule has 2 aromatic carbocycles. The van der Waals surface area contributed by atoms with Gasteiger partial charge in [-0.05, 0) is 30.2 Å². The van der Waals surface area contributed by atoms with Crippen LogP contribution in [-0.4, -0.2) is 5.91 Å². The summed E-state index contributed by atoms with van der Waals surface area (Å²) >= 11 is 0. The molecule has 1 amide bonds. The lowest BCUT2D eigenvalue weighted by Crippen LogP contribution is -2.23. The number of hydrogen-bond acceptors (Lipinski definition) is 1. The molecule has 0 aromatic heterocycles. The van der Waals surface area contributed by atoms with Gasteiger partial charge in [0.05, 0.1) is 11.6 Å². The van der Waals surface area contributed by atoms with E-state index in [0.29, 0.717) is 0 Å². The number of amides is 1. The number of benzene rings is 2. The molecule has 20 heavy (non-hydrogen) atoms. The number of anilines is 2. The molecule has 1 aliphatic rings. The molecule has 2 heteroatoms. The lowest BCUT2D eigenvalue weighted by atomic mass is 9.95. The highest BCUT2D eigenvalue weighted by atomic mass is 16.2. The van der Waals surface area contributed by atoms with Gasteiger partial charge in [-0.3, -0.25) is 9.69 Å². The summed E-state index contributed by atoms with van der Waals surface area (Å²) in [5.41, 5.74) is 3.18. The molecule has 0 radical (unpaired) electrons. The average Bonchev–Trinajstić information content (AvgIpc) is 2.78. The summed E-state index contributed by atoms with van der Waals surface area (Å²) < 4.78 is 0. The zero-order valence-electron chi connectivity index (χ0n) is 11.8. The van der Waals surface area contributed by atoms with Crippen molar-refractivity contribution in [2.75, 3.05) is 4.90 Å². The summed E-state index contributed by atoms with van der Waals surface area (Å²) in [6, 6.07) is 18.1. The van der Waals surface area contributed by atoms with Crippen molar-refractivity contribution >= 4 is 17.3 Å². The smallest absolute Gasteiger partial charge is 0.239 e. The van der Waals surface area contributed by atoms with Gasteiger partial charge in [0.25, 0.3) is 0 Å². The number of carbonyl (C=O) groups is 1. The Balaban J connectivity index is 2.02. The molecular formula is C18H19NO. The number of hydrogen-bond donors (Lipinski definition) is 0. The standard InChI is InChI=1S/C18H19NO/c1-2-3-11-16-15-12-7-8-13-17(15)19(18(16)20)14-9-5-4-6-10-14/h4-10,12-13,16H,2-3,11H2,1H3. The second-order valence-corrected chi connectivity index (χ2v) is 5.26. The minimum Gasteiger partial charge on any atom is -0.280 e. The average molecular weight is 265 g/mol. The molecule has 0 N–H and O–H groups in total. The van der Waals surface area contributed by atoms with Crippen molar-refractivity contribution in [3.63, 3.8) is 0 Å². The van der Waals surface area contributed by atoms with Gasteiger partial charge in [-0.25, -0.2) is 0 Å². The van der Waals surface area contributed by atoms with Crippen molar-refractivity contribution in [3.8, 4) is 0 Å². The van der Waals surface area contributed by atoms with Gasteiger partial charge in [-0.1, -0.05) is 56.2 Å². The molecule has 0 bridgehead atoms. The van der Waals surface area contributed by atoms with Crippen LogP contribution in [-0.2, 0) is 4.79 Å². The van der Waals surface area contributed by atoms with E-state index >= 15 is 0 Å². The lowest BCUT2D eigenvalue weighted by Gasteiger charge is -2.18. The first kappa shape index (κ1) is 12.9. The number of nitrogens with zero attached hydrogens (tertiary/aromatic N) is 1. The maximum Gasteiger partial charge on any atom is 0.239 e. The highest BCUT2D eigenvalue weighted by Crippen LogP contribution is 2.43. The van der Waals surface area contributed by atoms with Gasteiger partial charge < -0.3 is 0 Å². The van der Waals surface area contributed by atoms with E-state index in [1.165, 1.54) is 5.56 Å². The number of carbonyl (C=O) groups excluding carboxylic acids is 1. The first-order chi connectivity index (χ1) is 9.83. The van der Waals surface area contributed by atoms with Crippen LogP contribution in [0.5, 0.6) is 0 Å². The van der Waals surface area contributed by atoms with E-state index in [-0.39, 0.29) is 11.8 Å². The summed E-state index contributed by atoms with van der Waals surface area (Å²) in [4.78, 5) is 14.7. The van der Waals surface area contributed by atoms with Gasteiger partial charge in [0, 0.05) is 5.69 Å². The third-order valence-electron chi connectivity index (χ3n) is 3.93. The first-order valence-electron chi connectivity index (χ1n) is 7.31. The van der Waals surface area contributed by atoms with Crippen molar-refractivity contribution in [2.45, 2.75) is 32.1 Å². The second-order valence-electron chi connectivity index (χ2n) is 5.26. The highest BCUT2D eigenvalue weighted by molar-refractivity contribution is 6.10. The normalized spacial score (nSPS) is 17.4. The molecule has 102 valence electrons. The fourth-order valence-electron chi connectivity index (χ4n) is 2.92. The van der Waals surface area contributed by atoms with Crippen LogP contribution in [0.2, 0.25) is 0 Å². The topological polar surface area (TPSA) is 20.3 Å². The minimum absolute atomic E-state index is 0.0198. The maximum absolute atomic E-state index is 12.8. The molecule has 1 atom stereocenters. The Morgan fingerprint density at radius 2 is 1.70 bits per heavy atom. The van der Waals surface area contributed by atoms with Gasteiger partial charge in [0.15, 0.2) is 0 Å². The van der Waals surface area contributed by atoms with E-state index in [9.17, 15) is 4.79 Å². The predicted molar refractivity (Wildman–Crippen MR) is 82.3 cm³/mol. The van der Waals surface area contributed by atoms with Crippen molar-refractivity contribution in [2.24, 2.45) is 0 Å². The second kappa shape index (κ2) is 5.49. The van der Waals surface area contributed by atoms with E-state index in [4.69, 9.17) is 0 Å². The van der Waals surface area contributed by atoms with Crippen LogP contribution in [0.25, 0.3) is 0 Å². The van der Waals surface area contributed by atoms with Gasteiger partial charge in [0.2, 0.25) is 5.91 Å². The van der Waals surface area contributed by atoms with Crippen LogP contribution < -0.4 is 4.90 Å². The van der Waals surface area contributed by atoms with Crippen LogP contribution in [0.1, 0.15) is 37.7 Å². The molecule has 1 unspecified atom stereocenters. The molecule has 0 saturated carbocycles. The lowest BCUT2D eigenvalue weighted by molar-refractivity contribution is -0.118. The zero-order valence-corrected chi connectivity index (χ0v) is 11.8. The molecule has 1 aliphatic heterocycles. The number of rotatable bonds is 4. The SMILES string of the molecule is CCCCC1C(=O)N(c2ccccc2)c2ccccc21. The molecule has 0 saturated heterocycles. The monoisotopic (exact) mass is 265 g/mol. The Morgan fingerprint density at radius 3 is 2.45 bits per heavy atom. The van der Waals surface area contributed by atoms with E-state index in [1.807, 2.05) is 53.4 Å². The maximum atomic E-state index is 12.8. The van der Waals surface area contributed by atoms with Gasteiger partial charge in [0.1, 0.15) is 0 Å².